The smallest absolute Gasteiger partial charge is 0.0511 e. The Labute approximate surface area is 112 Å². The Morgan fingerprint density at radius 1 is 1.35 bits per heavy atom. The summed E-state index contributed by atoms with van der Waals surface area (Å²) >= 11 is 3.47. The minimum absolute atomic E-state index is 0.685. The Morgan fingerprint density at radius 3 is 2.71 bits per heavy atom. The molecule has 1 fully saturated rings. The summed E-state index contributed by atoms with van der Waals surface area (Å²) in [7, 11) is 2.16. The molecular formula is C14H20BrNO. The van der Waals surface area contributed by atoms with Crippen molar-refractivity contribution in [3.8, 4) is 0 Å². The van der Waals surface area contributed by atoms with Gasteiger partial charge < -0.3 is 9.64 Å². The van der Waals surface area contributed by atoms with Gasteiger partial charge in [-0.15, -0.1) is 0 Å². The van der Waals surface area contributed by atoms with Crippen molar-refractivity contribution >= 4 is 21.6 Å². The molecule has 1 aromatic rings. The van der Waals surface area contributed by atoms with E-state index < -0.39 is 0 Å². The van der Waals surface area contributed by atoms with Gasteiger partial charge in [-0.2, -0.15) is 0 Å². The molecule has 1 aliphatic rings. The predicted molar refractivity (Wildman–Crippen MR) is 75.9 cm³/mol. The van der Waals surface area contributed by atoms with Crippen molar-refractivity contribution in [3.05, 3.63) is 29.8 Å². The average molecular weight is 298 g/mol. The van der Waals surface area contributed by atoms with E-state index in [0.29, 0.717) is 5.92 Å². The molecule has 1 aromatic carbocycles. The molecule has 1 heterocycles. The van der Waals surface area contributed by atoms with Crippen LogP contribution in [-0.2, 0) is 10.1 Å². The Bertz CT molecular complexity index is 333. The molecule has 2 rings (SSSR count). The van der Waals surface area contributed by atoms with E-state index in [0.717, 1.165) is 25.1 Å². The molecule has 0 saturated carbocycles. The number of hydrogen-bond acceptors (Lipinski definition) is 2. The summed E-state index contributed by atoms with van der Waals surface area (Å²) in [5.41, 5.74) is 2.61. The Morgan fingerprint density at radius 2 is 2.12 bits per heavy atom. The lowest BCUT2D eigenvalue weighted by Crippen LogP contribution is -2.30. The first-order chi connectivity index (χ1) is 8.29. The standard InChI is InChI=1S/C14H20BrNO/c1-16(10-13-3-2-8-17-11-13)14-6-4-12(9-15)5-7-14/h4-7,13H,2-3,8-11H2,1H3. The van der Waals surface area contributed by atoms with Gasteiger partial charge in [-0.1, -0.05) is 28.1 Å². The third-order valence-electron chi connectivity index (χ3n) is 3.32. The molecule has 94 valence electrons. The van der Waals surface area contributed by atoms with Gasteiger partial charge in [0.2, 0.25) is 0 Å². The Hall–Kier alpha value is -0.540. The van der Waals surface area contributed by atoms with Crippen LogP contribution in [-0.4, -0.2) is 26.8 Å². The minimum atomic E-state index is 0.685. The highest BCUT2D eigenvalue weighted by atomic mass is 79.9. The molecule has 3 heteroatoms. The molecule has 1 saturated heterocycles. The summed E-state index contributed by atoms with van der Waals surface area (Å²) in [5.74, 6) is 0.685. The molecule has 0 radical (unpaired) electrons. The molecule has 0 aliphatic carbocycles. The maximum Gasteiger partial charge on any atom is 0.0511 e. The van der Waals surface area contributed by atoms with Gasteiger partial charge in [0.15, 0.2) is 0 Å². The summed E-state index contributed by atoms with van der Waals surface area (Å²) in [4.78, 5) is 2.33. The van der Waals surface area contributed by atoms with E-state index in [-0.39, 0.29) is 0 Å². The molecule has 1 unspecified atom stereocenters. The van der Waals surface area contributed by atoms with Crippen LogP contribution in [0.15, 0.2) is 24.3 Å². The van der Waals surface area contributed by atoms with Gasteiger partial charge in [-0.05, 0) is 36.5 Å². The van der Waals surface area contributed by atoms with Gasteiger partial charge in [0, 0.05) is 31.2 Å². The van der Waals surface area contributed by atoms with E-state index in [9.17, 15) is 0 Å². The van der Waals surface area contributed by atoms with Crippen molar-refractivity contribution in [1.29, 1.82) is 0 Å². The van der Waals surface area contributed by atoms with Crippen LogP contribution in [0.3, 0.4) is 0 Å². The molecule has 2 nitrogen and oxygen atoms in total. The summed E-state index contributed by atoms with van der Waals surface area (Å²) in [6, 6.07) is 8.75. The van der Waals surface area contributed by atoms with E-state index in [4.69, 9.17) is 4.74 Å². The number of hydrogen-bond donors (Lipinski definition) is 0. The lowest BCUT2D eigenvalue weighted by atomic mass is 10.0. The van der Waals surface area contributed by atoms with Gasteiger partial charge in [0.25, 0.3) is 0 Å². The van der Waals surface area contributed by atoms with Crippen LogP contribution in [0.4, 0.5) is 5.69 Å². The van der Waals surface area contributed by atoms with Gasteiger partial charge in [0.05, 0.1) is 6.61 Å². The predicted octanol–water partition coefficient (Wildman–Crippen LogP) is 3.44. The number of halogens is 1. The lowest BCUT2D eigenvalue weighted by Gasteiger charge is -2.28. The fraction of sp³-hybridized carbons (Fsp3) is 0.571. The van der Waals surface area contributed by atoms with Crippen molar-refractivity contribution < 1.29 is 4.74 Å². The topological polar surface area (TPSA) is 12.5 Å². The highest BCUT2D eigenvalue weighted by molar-refractivity contribution is 9.08. The third kappa shape index (κ3) is 3.71. The minimum Gasteiger partial charge on any atom is -0.381 e. The number of alkyl halides is 1. The Balaban J connectivity index is 1.91. The number of anilines is 1. The molecule has 1 atom stereocenters. The normalized spacial score (nSPS) is 20.2. The van der Waals surface area contributed by atoms with Crippen LogP contribution in [0.5, 0.6) is 0 Å². The zero-order chi connectivity index (χ0) is 12.1. The van der Waals surface area contributed by atoms with Crippen molar-refractivity contribution in [2.24, 2.45) is 5.92 Å². The fourth-order valence-electron chi connectivity index (χ4n) is 2.28. The maximum absolute atomic E-state index is 5.52. The summed E-state index contributed by atoms with van der Waals surface area (Å²) < 4.78 is 5.52. The van der Waals surface area contributed by atoms with E-state index in [2.05, 4.69) is 52.1 Å². The van der Waals surface area contributed by atoms with Gasteiger partial charge in [-0.25, -0.2) is 0 Å². The number of ether oxygens (including phenoxy) is 1. The zero-order valence-electron chi connectivity index (χ0n) is 10.4. The van der Waals surface area contributed by atoms with Crippen molar-refractivity contribution in [2.45, 2.75) is 18.2 Å². The second kappa shape index (κ2) is 6.41. The average Bonchev–Trinajstić information content (AvgIpc) is 2.40. The molecule has 1 aliphatic heterocycles. The quantitative estimate of drug-likeness (QED) is 0.790. The first-order valence-corrected chi connectivity index (χ1v) is 7.35. The van der Waals surface area contributed by atoms with E-state index in [1.54, 1.807) is 0 Å². The van der Waals surface area contributed by atoms with Crippen LogP contribution >= 0.6 is 15.9 Å². The van der Waals surface area contributed by atoms with Crippen molar-refractivity contribution in [3.63, 3.8) is 0 Å². The highest BCUT2D eigenvalue weighted by Crippen LogP contribution is 2.20. The van der Waals surface area contributed by atoms with Crippen LogP contribution in [0.1, 0.15) is 18.4 Å². The summed E-state index contributed by atoms with van der Waals surface area (Å²) in [5, 5.41) is 0.924. The van der Waals surface area contributed by atoms with Gasteiger partial charge in [0.1, 0.15) is 0 Å². The van der Waals surface area contributed by atoms with Gasteiger partial charge in [-0.3, -0.25) is 0 Å². The maximum atomic E-state index is 5.52. The van der Waals surface area contributed by atoms with Crippen LogP contribution in [0, 0.1) is 5.92 Å². The molecule has 0 N–H and O–H groups in total. The molecular weight excluding hydrogens is 278 g/mol. The Kier molecular flexibility index (Phi) is 4.86. The van der Waals surface area contributed by atoms with E-state index in [1.165, 1.54) is 24.1 Å². The first-order valence-electron chi connectivity index (χ1n) is 6.23. The number of nitrogens with zero attached hydrogens (tertiary/aromatic N) is 1. The largest absolute Gasteiger partial charge is 0.381 e. The van der Waals surface area contributed by atoms with Crippen molar-refractivity contribution in [1.82, 2.24) is 0 Å². The summed E-state index contributed by atoms with van der Waals surface area (Å²) in [6.45, 7) is 2.96. The number of benzene rings is 1. The first kappa shape index (κ1) is 12.9. The SMILES string of the molecule is CN(CC1CCCOC1)c1ccc(CBr)cc1. The fourth-order valence-corrected chi connectivity index (χ4v) is 2.66. The monoisotopic (exact) mass is 297 g/mol. The molecule has 0 aromatic heterocycles. The zero-order valence-corrected chi connectivity index (χ0v) is 11.9. The molecule has 17 heavy (non-hydrogen) atoms. The van der Waals surface area contributed by atoms with E-state index >= 15 is 0 Å². The second-order valence-electron chi connectivity index (χ2n) is 4.76. The number of rotatable bonds is 4. The van der Waals surface area contributed by atoms with Crippen LogP contribution in [0.2, 0.25) is 0 Å². The van der Waals surface area contributed by atoms with Crippen molar-refractivity contribution in [2.75, 3.05) is 31.7 Å². The third-order valence-corrected chi connectivity index (χ3v) is 3.97. The molecule has 0 amide bonds. The summed E-state index contributed by atoms with van der Waals surface area (Å²) in [6.07, 6.45) is 2.50. The lowest BCUT2D eigenvalue weighted by molar-refractivity contribution is 0.0576. The van der Waals surface area contributed by atoms with Crippen LogP contribution < -0.4 is 4.90 Å². The highest BCUT2D eigenvalue weighted by Gasteiger charge is 2.15. The van der Waals surface area contributed by atoms with Crippen LogP contribution in [0.25, 0.3) is 0 Å². The second-order valence-corrected chi connectivity index (χ2v) is 5.32. The van der Waals surface area contributed by atoms with E-state index in [1.807, 2.05) is 0 Å². The molecule has 0 bridgehead atoms. The molecule has 0 spiro atoms. The van der Waals surface area contributed by atoms with Gasteiger partial charge >= 0.3 is 0 Å².